The molecule has 0 bridgehead atoms. The van der Waals surface area contributed by atoms with Crippen LogP contribution >= 0.6 is 0 Å². The van der Waals surface area contributed by atoms with Crippen molar-refractivity contribution in [2.75, 3.05) is 33.2 Å². The zero-order valence-corrected chi connectivity index (χ0v) is 14.8. The molecule has 2 heterocycles. The third-order valence-corrected chi connectivity index (χ3v) is 4.81. The van der Waals surface area contributed by atoms with Crippen LogP contribution in [0.2, 0.25) is 0 Å². The van der Waals surface area contributed by atoms with Crippen molar-refractivity contribution in [1.82, 2.24) is 15.1 Å². The highest BCUT2D eigenvalue weighted by molar-refractivity contribution is 5.85. The second kappa shape index (κ2) is 7.70. The van der Waals surface area contributed by atoms with Crippen molar-refractivity contribution in [1.29, 1.82) is 0 Å². The van der Waals surface area contributed by atoms with Crippen molar-refractivity contribution < 1.29 is 14.0 Å². The average molecular weight is 343 g/mol. The number of para-hydroxylation sites is 1. The molecular formula is C19H25N3O3. The van der Waals surface area contributed by atoms with Crippen LogP contribution in [0.1, 0.15) is 31.6 Å². The van der Waals surface area contributed by atoms with Gasteiger partial charge in [0, 0.05) is 18.5 Å². The first-order valence-electron chi connectivity index (χ1n) is 8.78. The van der Waals surface area contributed by atoms with Gasteiger partial charge in [-0.25, -0.2) is 0 Å². The third kappa shape index (κ3) is 4.20. The normalized spacial score (nSPS) is 15.7. The lowest BCUT2D eigenvalue weighted by molar-refractivity contribution is -0.132. The van der Waals surface area contributed by atoms with Crippen LogP contribution in [0.5, 0.6) is 0 Å². The molecule has 1 saturated heterocycles. The zero-order chi connectivity index (χ0) is 17.8. The first-order valence-corrected chi connectivity index (χ1v) is 8.78. The van der Waals surface area contributed by atoms with Crippen LogP contribution in [0.25, 0.3) is 11.0 Å². The Morgan fingerprint density at radius 3 is 2.72 bits per heavy atom. The maximum absolute atomic E-state index is 12.1. The van der Waals surface area contributed by atoms with Gasteiger partial charge in [0.15, 0.2) is 0 Å². The monoisotopic (exact) mass is 343 g/mol. The van der Waals surface area contributed by atoms with E-state index in [2.05, 4.69) is 5.32 Å². The van der Waals surface area contributed by atoms with Gasteiger partial charge in [-0.2, -0.15) is 0 Å². The van der Waals surface area contributed by atoms with Gasteiger partial charge < -0.3 is 14.6 Å². The van der Waals surface area contributed by atoms with Crippen LogP contribution in [0, 0.1) is 0 Å². The first-order chi connectivity index (χ1) is 12.0. The number of carbonyl (C=O) groups excluding carboxylic acids is 2. The lowest BCUT2D eigenvalue weighted by Gasteiger charge is -2.22. The molecule has 2 amide bonds. The Hall–Kier alpha value is -2.34. The molecular weight excluding hydrogens is 318 g/mol. The van der Waals surface area contributed by atoms with Crippen molar-refractivity contribution in [2.24, 2.45) is 0 Å². The highest BCUT2D eigenvalue weighted by Crippen LogP contribution is 2.26. The molecule has 3 rings (SSSR count). The summed E-state index contributed by atoms with van der Waals surface area (Å²) in [4.78, 5) is 27.8. The lowest BCUT2D eigenvalue weighted by atomic mass is 10.2. The van der Waals surface area contributed by atoms with E-state index in [0.29, 0.717) is 0 Å². The molecule has 1 aliphatic heterocycles. The summed E-state index contributed by atoms with van der Waals surface area (Å²) >= 11 is 0. The molecule has 1 aromatic carbocycles. The smallest absolute Gasteiger partial charge is 0.241 e. The minimum absolute atomic E-state index is 0.00108. The third-order valence-electron chi connectivity index (χ3n) is 4.81. The quantitative estimate of drug-likeness (QED) is 0.873. The number of amides is 2. The number of rotatable bonds is 6. The second-order valence-electron chi connectivity index (χ2n) is 6.64. The molecule has 2 aromatic rings. The summed E-state index contributed by atoms with van der Waals surface area (Å²) < 4.78 is 5.86. The van der Waals surface area contributed by atoms with Crippen LogP contribution < -0.4 is 5.32 Å². The van der Waals surface area contributed by atoms with Crippen molar-refractivity contribution in [3.8, 4) is 0 Å². The molecule has 0 radical (unpaired) electrons. The van der Waals surface area contributed by atoms with E-state index in [9.17, 15) is 9.59 Å². The number of furan rings is 1. The maximum Gasteiger partial charge on any atom is 0.241 e. The maximum atomic E-state index is 12.1. The summed E-state index contributed by atoms with van der Waals surface area (Å²) in [5, 5.41) is 3.77. The van der Waals surface area contributed by atoms with Gasteiger partial charge in [0.2, 0.25) is 11.8 Å². The number of fused-ring (bicyclic) bond motifs is 1. The first kappa shape index (κ1) is 17.5. The van der Waals surface area contributed by atoms with Crippen LogP contribution in [0.4, 0.5) is 0 Å². The predicted molar refractivity (Wildman–Crippen MR) is 96.1 cm³/mol. The van der Waals surface area contributed by atoms with E-state index < -0.39 is 0 Å². The Labute approximate surface area is 147 Å². The largest absolute Gasteiger partial charge is 0.459 e. The number of benzene rings is 1. The molecule has 0 spiro atoms. The SMILES string of the molecule is CC(c1cc2ccccc2o1)N(C)CC(=O)NCC(=O)N1CCCC1. The fraction of sp³-hybridized carbons (Fsp3) is 0.474. The van der Waals surface area contributed by atoms with Gasteiger partial charge in [0.05, 0.1) is 19.1 Å². The van der Waals surface area contributed by atoms with E-state index >= 15 is 0 Å². The predicted octanol–water partition coefficient (Wildman–Crippen LogP) is 2.16. The average Bonchev–Trinajstić information content (AvgIpc) is 3.28. The van der Waals surface area contributed by atoms with Gasteiger partial charge in [-0.1, -0.05) is 18.2 Å². The fourth-order valence-corrected chi connectivity index (χ4v) is 3.10. The van der Waals surface area contributed by atoms with E-state index in [1.165, 1.54) is 0 Å². The van der Waals surface area contributed by atoms with E-state index in [-0.39, 0.29) is 30.9 Å². The van der Waals surface area contributed by atoms with Crippen molar-refractivity contribution in [2.45, 2.75) is 25.8 Å². The number of likely N-dealkylation sites (N-methyl/N-ethyl adjacent to an activating group) is 1. The number of hydrogen-bond donors (Lipinski definition) is 1. The molecule has 1 unspecified atom stereocenters. The van der Waals surface area contributed by atoms with Gasteiger partial charge in [-0.3, -0.25) is 14.5 Å². The van der Waals surface area contributed by atoms with Crippen molar-refractivity contribution in [3.05, 3.63) is 36.1 Å². The molecule has 134 valence electrons. The Balaban J connectivity index is 1.51. The van der Waals surface area contributed by atoms with E-state index in [0.717, 1.165) is 42.7 Å². The van der Waals surface area contributed by atoms with E-state index in [1.54, 1.807) is 4.90 Å². The van der Waals surface area contributed by atoms with E-state index in [4.69, 9.17) is 4.42 Å². The van der Waals surface area contributed by atoms with Crippen LogP contribution in [0.15, 0.2) is 34.7 Å². The van der Waals surface area contributed by atoms with Crippen LogP contribution in [-0.4, -0.2) is 54.8 Å². The van der Waals surface area contributed by atoms with Crippen molar-refractivity contribution >= 4 is 22.8 Å². The molecule has 0 saturated carbocycles. The summed E-state index contributed by atoms with van der Waals surface area (Å²) in [5.74, 6) is 0.668. The summed E-state index contributed by atoms with van der Waals surface area (Å²) in [6.07, 6.45) is 2.11. The molecule has 1 atom stereocenters. The Kier molecular flexibility index (Phi) is 5.38. The zero-order valence-electron chi connectivity index (χ0n) is 14.8. The molecule has 0 aliphatic carbocycles. The van der Waals surface area contributed by atoms with Gasteiger partial charge in [-0.15, -0.1) is 0 Å². The number of nitrogens with zero attached hydrogens (tertiary/aromatic N) is 2. The van der Waals surface area contributed by atoms with Gasteiger partial charge in [0.25, 0.3) is 0 Å². The standard InChI is InChI=1S/C19H25N3O3/c1-14(17-11-15-7-3-4-8-16(15)25-17)21(2)13-18(23)20-12-19(24)22-9-5-6-10-22/h3-4,7-8,11,14H,5-6,9-10,12-13H2,1-2H3,(H,20,23). The Morgan fingerprint density at radius 2 is 2.00 bits per heavy atom. The summed E-state index contributed by atoms with van der Waals surface area (Å²) in [5.41, 5.74) is 0.846. The lowest BCUT2D eigenvalue weighted by Crippen LogP contribution is -2.42. The van der Waals surface area contributed by atoms with Crippen LogP contribution in [0.3, 0.4) is 0 Å². The number of carbonyl (C=O) groups is 2. The molecule has 25 heavy (non-hydrogen) atoms. The Morgan fingerprint density at radius 1 is 1.28 bits per heavy atom. The molecule has 6 heteroatoms. The highest BCUT2D eigenvalue weighted by Gasteiger charge is 2.21. The number of likely N-dealkylation sites (tertiary alicyclic amines) is 1. The van der Waals surface area contributed by atoms with E-state index in [1.807, 2.05) is 49.2 Å². The summed E-state index contributed by atoms with van der Waals surface area (Å²) in [7, 11) is 1.87. The van der Waals surface area contributed by atoms with Crippen molar-refractivity contribution in [3.63, 3.8) is 0 Å². The topological polar surface area (TPSA) is 65.8 Å². The van der Waals surface area contributed by atoms with Gasteiger partial charge >= 0.3 is 0 Å². The summed E-state index contributed by atoms with van der Waals surface area (Å²) in [6, 6.07) is 9.82. The summed E-state index contributed by atoms with van der Waals surface area (Å²) in [6.45, 7) is 3.90. The second-order valence-corrected chi connectivity index (χ2v) is 6.64. The number of hydrogen-bond acceptors (Lipinski definition) is 4. The van der Waals surface area contributed by atoms with Gasteiger partial charge in [-0.05, 0) is 38.9 Å². The van der Waals surface area contributed by atoms with Crippen LogP contribution in [-0.2, 0) is 9.59 Å². The molecule has 6 nitrogen and oxygen atoms in total. The fourth-order valence-electron chi connectivity index (χ4n) is 3.10. The molecule has 1 fully saturated rings. The van der Waals surface area contributed by atoms with Gasteiger partial charge in [0.1, 0.15) is 11.3 Å². The minimum Gasteiger partial charge on any atom is -0.459 e. The number of nitrogens with one attached hydrogen (secondary N) is 1. The Bertz CT molecular complexity index is 716. The molecule has 1 N–H and O–H groups in total. The molecule has 1 aromatic heterocycles. The minimum atomic E-state index is -0.155. The highest BCUT2D eigenvalue weighted by atomic mass is 16.3. The molecule has 1 aliphatic rings.